The molecule has 0 amide bonds. The molecule has 0 radical (unpaired) electrons. The van der Waals surface area contributed by atoms with Crippen molar-refractivity contribution in [1.82, 2.24) is 0 Å². The summed E-state index contributed by atoms with van der Waals surface area (Å²) >= 11 is 0. The van der Waals surface area contributed by atoms with E-state index in [1.807, 2.05) is 0 Å². The first-order valence-electron chi connectivity index (χ1n) is 10.8. The second-order valence-electron chi connectivity index (χ2n) is 9.92. The van der Waals surface area contributed by atoms with Gasteiger partial charge in [-0.05, 0) is 49.4 Å². The summed E-state index contributed by atoms with van der Waals surface area (Å²) in [5, 5.41) is 11.2. The average Bonchev–Trinajstić information content (AvgIpc) is 3.23. The number of hydrogen-bond donors (Lipinski definition) is 1. The first kappa shape index (κ1) is 20.3. The maximum Gasteiger partial charge on any atom is 0.302 e. The van der Waals surface area contributed by atoms with E-state index in [0.29, 0.717) is 31.8 Å². The van der Waals surface area contributed by atoms with Crippen LogP contribution in [0, 0.1) is 28.6 Å². The molecule has 1 spiro atoms. The summed E-state index contributed by atoms with van der Waals surface area (Å²) in [5.41, 5.74) is -1.71. The number of esters is 1. The predicted octanol–water partition coefficient (Wildman–Crippen LogP) is 2.51. The molecule has 158 valence electrons. The van der Waals surface area contributed by atoms with Crippen LogP contribution in [0.4, 0.5) is 0 Å². The van der Waals surface area contributed by atoms with Crippen LogP contribution in [0.2, 0.25) is 0 Å². The molecule has 6 heteroatoms. The maximum absolute atomic E-state index is 13.5. The fraction of sp³-hybridized carbons (Fsp3) is 0.909. The number of fused-ring (bicyclic) bond motifs is 2. The lowest BCUT2D eigenvalue weighted by molar-refractivity contribution is -0.203. The van der Waals surface area contributed by atoms with E-state index in [9.17, 15) is 14.7 Å². The molecule has 4 fully saturated rings. The second-order valence-corrected chi connectivity index (χ2v) is 9.92. The summed E-state index contributed by atoms with van der Waals surface area (Å²) in [4.78, 5) is 25.2. The van der Waals surface area contributed by atoms with Gasteiger partial charge in [-0.25, -0.2) is 0 Å². The van der Waals surface area contributed by atoms with Crippen molar-refractivity contribution in [2.24, 2.45) is 28.6 Å². The molecule has 1 N–H and O–H groups in total. The zero-order chi connectivity index (χ0) is 20.2. The Bertz CT molecular complexity index is 637. The topological polar surface area (TPSA) is 85.4 Å². The molecule has 4 aliphatic rings. The van der Waals surface area contributed by atoms with Gasteiger partial charge in [-0.15, -0.1) is 0 Å². The summed E-state index contributed by atoms with van der Waals surface area (Å²) in [5.74, 6) is 0.177. The highest BCUT2D eigenvalue weighted by Crippen LogP contribution is 2.67. The third-order valence-electron chi connectivity index (χ3n) is 8.51. The Morgan fingerprint density at radius 3 is 2.71 bits per heavy atom. The average molecular weight is 395 g/mol. The molecule has 2 saturated carbocycles. The zero-order valence-electron chi connectivity index (χ0n) is 17.4. The number of ketones is 1. The first-order valence-corrected chi connectivity index (χ1v) is 10.8. The number of ether oxygens (including phenoxy) is 3. The number of rotatable bonds is 5. The van der Waals surface area contributed by atoms with E-state index < -0.39 is 17.1 Å². The van der Waals surface area contributed by atoms with Crippen molar-refractivity contribution >= 4 is 11.8 Å². The van der Waals surface area contributed by atoms with E-state index in [-0.39, 0.29) is 35.6 Å². The zero-order valence-corrected chi connectivity index (χ0v) is 17.4. The van der Waals surface area contributed by atoms with Gasteiger partial charge in [-0.2, -0.15) is 0 Å². The van der Waals surface area contributed by atoms with Crippen LogP contribution >= 0.6 is 0 Å². The van der Waals surface area contributed by atoms with E-state index in [1.54, 1.807) is 0 Å². The van der Waals surface area contributed by atoms with Crippen LogP contribution in [-0.4, -0.2) is 55.0 Å². The van der Waals surface area contributed by atoms with Crippen molar-refractivity contribution in [3.63, 3.8) is 0 Å². The lowest BCUT2D eigenvalue weighted by Crippen LogP contribution is -2.68. The normalized spacial score (nSPS) is 47.8. The Balaban J connectivity index is 1.70. The fourth-order valence-corrected chi connectivity index (χ4v) is 6.55. The third kappa shape index (κ3) is 2.94. The van der Waals surface area contributed by atoms with E-state index in [4.69, 9.17) is 14.2 Å². The Morgan fingerprint density at radius 2 is 2.11 bits per heavy atom. The number of carbonyl (C=O) groups excluding carboxylic acids is 2. The number of carbonyl (C=O) groups is 2. The van der Waals surface area contributed by atoms with E-state index >= 15 is 0 Å². The fourth-order valence-electron chi connectivity index (χ4n) is 6.55. The lowest BCUT2D eigenvalue weighted by atomic mass is 9.42. The highest BCUT2D eigenvalue weighted by Gasteiger charge is 2.76. The molecule has 2 saturated heterocycles. The molecule has 0 aromatic rings. The number of aliphatic hydroxyl groups is 1. The quantitative estimate of drug-likeness (QED) is 0.570. The van der Waals surface area contributed by atoms with Crippen molar-refractivity contribution in [2.75, 3.05) is 26.4 Å². The Hall–Kier alpha value is -0.980. The minimum atomic E-state index is -0.927. The molecule has 2 heterocycles. The van der Waals surface area contributed by atoms with Crippen LogP contribution in [0.3, 0.4) is 0 Å². The molecule has 28 heavy (non-hydrogen) atoms. The van der Waals surface area contributed by atoms with Crippen LogP contribution in [0.1, 0.15) is 59.3 Å². The van der Waals surface area contributed by atoms with E-state index in [0.717, 1.165) is 32.5 Å². The molecule has 0 bridgehead atoms. The Labute approximate surface area is 167 Å². The molecule has 6 nitrogen and oxygen atoms in total. The Kier molecular flexibility index (Phi) is 5.12. The minimum Gasteiger partial charge on any atom is -0.465 e. The van der Waals surface area contributed by atoms with Crippen LogP contribution in [0.15, 0.2) is 0 Å². The number of Topliss-reactive ketones (excluding diaryl/α,β-unsaturated/α-hetero) is 1. The molecular weight excluding hydrogens is 360 g/mol. The molecule has 2 aliphatic carbocycles. The van der Waals surface area contributed by atoms with Crippen LogP contribution < -0.4 is 0 Å². The monoisotopic (exact) mass is 394 g/mol. The van der Waals surface area contributed by atoms with Gasteiger partial charge in [0, 0.05) is 32.5 Å². The maximum atomic E-state index is 13.5. The highest BCUT2D eigenvalue weighted by atomic mass is 16.6. The predicted molar refractivity (Wildman–Crippen MR) is 102 cm³/mol. The molecule has 7 atom stereocenters. The van der Waals surface area contributed by atoms with Crippen LogP contribution in [-0.2, 0) is 23.8 Å². The van der Waals surface area contributed by atoms with Gasteiger partial charge in [0.2, 0.25) is 0 Å². The van der Waals surface area contributed by atoms with Gasteiger partial charge in [0.05, 0.1) is 18.1 Å². The first-order chi connectivity index (χ1) is 13.3. The number of epoxide rings is 1. The molecule has 2 aliphatic heterocycles. The van der Waals surface area contributed by atoms with Crippen molar-refractivity contribution in [3.8, 4) is 0 Å². The standard InChI is InChI=1S/C22H34O6/c1-14-10-18(25)22(13-27-15(2)23)19(17(24)5-8-21(22)12-28-21)20(14,3)7-4-16-6-9-26-11-16/h14,16-17,19,24H,4-13H2,1-3H3/t14-,16-,17-,19-,20+,21+,22-/m1/s1. The van der Waals surface area contributed by atoms with Gasteiger partial charge in [-0.3, -0.25) is 9.59 Å². The third-order valence-corrected chi connectivity index (χ3v) is 8.51. The van der Waals surface area contributed by atoms with Gasteiger partial charge in [-0.1, -0.05) is 13.8 Å². The number of aliphatic hydroxyl groups excluding tert-OH is 1. The summed E-state index contributed by atoms with van der Waals surface area (Å²) < 4.78 is 16.9. The smallest absolute Gasteiger partial charge is 0.302 e. The van der Waals surface area contributed by atoms with Gasteiger partial charge < -0.3 is 19.3 Å². The van der Waals surface area contributed by atoms with Gasteiger partial charge in [0.1, 0.15) is 18.0 Å². The molecule has 0 aromatic heterocycles. The molecular formula is C22H34O6. The van der Waals surface area contributed by atoms with Crippen LogP contribution in [0.25, 0.3) is 0 Å². The highest BCUT2D eigenvalue weighted by molar-refractivity contribution is 5.89. The van der Waals surface area contributed by atoms with Crippen molar-refractivity contribution in [2.45, 2.75) is 71.0 Å². The van der Waals surface area contributed by atoms with Crippen molar-refractivity contribution < 1.29 is 28.9 Å². The summed E-state index contributed by atoms with van der Waals surface area (Å²) in [7, 11) is 0. The van der Waals surface area contributed by atoms with E-state index in [2.05, 4.69) is 13.8 Å². The molecule has 4 rings (SSSR count). The van der Waals surface area contributed by atoms with Gasteiger partial charge in [0.25, 0.3) is 0 Å². The summed E-state index contributed by atoms with van der Waals surface area (Å²) in [6.45, 7) is 7.93. The van der Waals surface area contributed by atoms with Crippen molar-refractivity contribution in [3.05, 3.63) is 0 Å². The second kappa shape index (κ2) is 7.06. The molecule has 0 unspecified atom stereocenters. The largest absolute Gasteiger partial charge is 0.465 e. The Morgan fingerprint density at radius 1 is 1.36 bits per heavy atom. The summed E-state index contributed by atoms with van der Waals surface area (Å²) in [6.07, 6.45) is 4.22. The summed E-state index contributed by atoms with van der Waals surface area (Å²) in [6, 6.07) is 0. The minimum absolute atomic E-state index is 0.0255. The van der Waals surface area contributed by atoms with Gasteiger partial charge >= 0.3 is 5.97 Å². The van der Waals surface area contributed by atoms with Crippen molar-refractivity contribution in [1.29, 1.82) is 0 Å². The number of hydrogen-bond acceptors (Lipinski definition) is 6. The van der Waals surface area contributed by atoms with Crippen LogP contribution in [0.5, 0.6) is 0 Å². The lowest BCUT2D eigenvalue weighted by Gasteiger charge is -2.61. The van der Waals surface area contributed by atoms with E-state index in [1.165, 1.54) is 6.92 Å². The SMILES string of the molecule is CC(=O)OC[C@@]12C(=O)C[C@@H](C)[C@](C)(CC[C@@H]3CCOC3)[C@H]1[C@H](O)CC[C@]21CO1. The molecule has 0 aromatic carbocycles. The van der Waals surface area contributed by atoms with Gasteiger partial charge in [0.15, 0.2) is 0 Å².